The highest BCUT2D eigenvalue weighted by atomic mass is 16.3. The number of anilines is 2. The Kier molecular flexibility index (Phi) is 5.88. The molecule has 4 heterocycles. The first-order chi connectivity index (χ1) is 14.6. The van der Waals surface area contributed by atoms with Crippen LogP contribution >= 0.6 is 0 Å². The van der Waals surface area contributed by atoms with Gasteiger partial charge in [0, 0.05) is 42.2 Å². The third-order valence-electron chi connectivity index (χ3n) is 5.11. The lowest BCUT2D eigenvalue weighted by Gasteiger charge is -2.31. The van der Waals surface area contributed by atoms with Gasteiger partial charge in [-0.3, -0.25) is 9.78 Å². The van der Waals surface area contributed by atoms with E-state index >= 15 is 0 Å². The molecule has 4 rings (SSSR count). The first kappa shape index (κ1) is 19.8. The zero-order chi connectivity index (χ0) is 20.9. The van der Waals surface area contributed by atoms with Crippen LogP contribution in [0.25, 0.3) is 6.08 Å². The number of furan rings is 1. The molecule has 1 fully saturated rings. The minimum Gasteiger partial charge on any atom is -0.465 e. The van der Waals surface area contributed by atoms with Gasteiger partial charge in [-0.05, 0) is 63.1 Å². The molecule has 1 saturated heterocycles. The van der Waals surface area contributed by atoms with Crippen LogP contribution in [0.2, 0.25) is 0 Å². The SMILES string of the molecule is Cc1cc(C)nc(Nc2ccc(C3CCCN(C(=O)/C=C/c4ccco4)C3)nc2)n1. The molecular weight excluding hydrogens is 378 g/mol. The topological polar surface area (TPSA) is 84.2 Å². The number of likely N-dealkylation sites (tertiary alicyclic amines) is 1. The number of amides is 1. The van der Waals surface area contributed by atoms with Crippen molar-refractivity contribution in [2.75, 3.05) is 18.4 Å². The van der Waals surface area contributed by atoms with Crippen LogP contribution < -0.4 is 5.32 Å². The van der Waals surface area contributed by atoms with Crippen LogP contribution in [0.3, 0.4) is 0 Å². The van der Waals surface area contributed by atoms with Crippen molar-refractivity contribution in [1.29, 1.82) is 0 Å². The number of carbonyl (C=O) groups is 1. The van der Waals surface area contributed by atoms with Gasteiger partial charge in [-0.25, -0.2) is 9.97 Å². The summed E-state index contributed by atoms with van der Waals surface area (Å²) in [4.78, 5) is 27.8. The van der Waals surface area contributed by atoms with E-state index in [9.17, 15) is 4.79 Å². The molecule has 3 aromatic rings. The average molecular weight is 403 g/mol. The maximum Gasteiger partial charge on any atom is 0.246 e. The van der Waals surface area contributed by atoms with Gasteiger partial charge in [0.1, 0.15) is 5.76 Å². The van der Waals surface area contributed by atoms with Crippen molar-refractivity contribution in [1.82, 2.24) is 19.9 Å². The lowest BCUT2D eigenvalue weighted by molar-refractivity contribution is -0.127. The van der Waals surface area contributed by atoms with Gasteiger partial charge in [0.2, 0.25) is 11.9 Å². The molecule has 1 atom stereocenters. The Morgan fingerprint density at radius 3 is 2.77 bits per heavy atom. The zero-order valence-electron chi connectivity index (χ0n) is 17.2. The van der Waals surface area contributed by atoms with Gasteiger partial charge >= 0.3 is 0 Å². The van der Waals surface area contributed by atoms with E-state index in [0.717, 1.165) is 42.2 Å². The molecule has 7 nitrogen and oxygen atoms in total. The number of carbonyl (C=O) groups excluding carboxylic acids is 1. The number of piperidine rings is 1. The quantitative estimate of drug-likeness (QED) is 0.642. The number of hydrogen-bond acceptors (Lipinski definition) is 6. The summed E-state index contributed by atoms with van der Waals surface area (Å²) in [6.07, 6.45) is 8.66. The Balaban J connectivity index is 1.39. The summed E-state index contributed by atoms with van der Waals surface area (Å²) in [5, 5.41) is 3.21. The van der Waals surface area contributed by atoms with Gasteiger partial charge in [-0.1, -0.05) is 0 Å². The van der Waals surface area contributed by atoms with E-state index in [2.05, 4.69) is 20.3 Å². The molecule has 0 aromatic carbocycles. The number of pyridine rings is 1. The molecule has 0 spiro atoms. The van der Waals surface area contributed by atoms with E-state index in [0.29, 0.717) is 18.3 Å². The fourth-order valence-electron chi connectivity index (χ4n) is 3.70. The third kappa shape index (κ3) is 4.92. The summed E-state index contributed by atoms with van der Waals surface area (Å²) < 4.78 is 5.25. The molecule has 1 N–H and O–H groups in total. The van der Waals surface area contributed by atoms with Crippen LogP contribution in [-0.4, -0.2) is 38.8 Å². The molecule has 3 aromatic heterocycles. The molecule has 0 aliphatic carbocycles. The second-order valence-electron chi connectivity index (χ2n) is 7.54. The lowest BCUT2D eigenvalue weighted by atomic mass is 9.94. The molecule has 0 radical (unpaired) electrons. The summed E-state index contributed by atoms with van der Waals surface area (Å²) in [7, 11) is 0. The summed E-state index contributed by atoms with van der Waals surface area (Å²) in [6, 6.07) is 9.57. The molecule has 1 aliphatic rings. The molecule has 1 unspecified atom stereocenters. The second kappa shape index (κ2) is 8.90. The van der Waals surface area contributed by atoms with E-state index in [-0.39, 0.29) is 11.8 Å². The monoisotopic (exact) mass is 403 g/mol. The van der Waals surface area contributed by atoms with Gasteiger partial charge in [-0.15, -0.1) is 0 Å². The Hall–Kier alpha value is -3.48. The maximum absolute atomic E-state index is 12.5. The third-order valence-corrected chi connectivity index (χ3v) is 5.11. The van der Waals surface area contributed by atoms with Crippen molar-refractivity contribution in [3.8, 4) is 0 Å². The van der Waals surface area contributed by atoms with Crippen molar-refractivity contribution in [2.45, 2.75) is 32.6 Å². The highest BCUT2D eigenvalue weighted by Gasteiger charge is 2.24. The first-order valence-electron chi connectivity index (χ1n) is 10.1. The van der Waals surface area contributed by atoms with Crippen LogP contribution in [0.15, 0.2) is 53.3 Å². The van der Waals surface area contributed by atoms with Crippen molar-refractivity contribution in [2.24, 2.45) is 0 Å². The number of aryl methyl sites for hydroxylation is 2. The van der Waals surface area contributed by atoms with Gasteiger partial charge in [0.25, 0.3) is 0 Å². The zero-order valence-corrected chi connectivity index (χ0v) is 17.2. The Morgan fingerprint density at radius 1 is 1.23 bits per heavy atom. The van der Waals surface area contributed by atoms with Crippen LogP contribution in [0.1, 0.15) is 41.6 Å². The number of aromatic nitrogens is 3. The number of nitrogens with one attached hydrogen (secondary N) is 1. The largest absolute Gasteiger partial charge is 0.465 e. The Labute approximate surface area is 175 Å². The highest BCUT2D eigenvalue weighted by molar-refractivity contribution is 5.91. The fourth-order valence-corrected chi connectivity index (χ4v) is 3.70. The highest BCUT2D eigenvalue weighted by Crippen LogP contribution is 2.27. The van der Waals surface area contributed by atoms with Gasteiger partial charge in [-0.2, -0.15) is 0 Å². The van der Waals surface area contributed by atoms with Crippen molar-refractivity contribution in [3.63, 3.8) is 0 Å². The van der Waals surface area contributed by atoms with Gasteiger partial charge in [0.15, 0.2) is 0 Å². The van der Waals surface area contributed by atoms with E-state index in [1.807, 2.05) is 43.0 Å². The molecule has 1 amide bonds. The predicted octanol–water partition coefficient (Wildman–Crippen LogP) is 4.24. The fraction of sp³-hybridized carbons (Fsp3) is 0.304. The summed E-state index contributed by atoms with van der Waals surface area (Å²) in [5.41, 5.74) is 3.67. The standard InChI is InChI=1S/C23H25N5O2/c1-16-13-17(2)26-23(25-16)27-19-7-9-21(24-14-19)18-5-3-11-28(15-18)22(29)10-8-20-6-4-12-30-20/h4,6-10,12-14,18H,3,5,11,15H2,1-2H3,(H,25,26,27)/b10-8+. The Bertz CT molecular complexity index is 1010. The normalized spacial score (nSPS) is 16.7. The molecule has 154 valence electrons. The van der Waals surface area contributed by atoms with E-state index in [1.54, 1.807) is 30.7 Å². The molecule has 0 saturated carbocycles. The first-order valence-corrected chi connectivity index (χ1v) is 10.1. The smallest absolute Gasteiger partial charge is 0.246 e. The number of rotatable bonds is 5. The van der Waals surface area contributed by atoms with Crippen LogP contribution in [0.5, 0.6) is 0 Å². The van der Waals surface area contributed by atoms with Crippen molar-refractivity contribution < 1.29 is 9.21 Å². The Morgan fingerprint density at radius 2 is 2.07 bits per heavy atom. The van der Waals surface area contributed by atoms with Crippen LogP contribution in [0, 0.1) is 13.8 Å². The van der Waals surface area contributed by atoms with E-state index in [4.69, 9.17) is 4.42 Å². The molecular formula is C23H25N5O2. The molecule has 7 heteroatoms. The molecule has 0 bridgehead atoms. The average Bonchev–Trinajstić information content (AvgIpc) is 3.26. The van der Waals surface area contributed by atoms with E-state index < -0.39 is 0 Å². The predicted molar refractivity (Wildman–Crippen MR) is 115 cm³/mol. The minimum atomic E-state index is 0.00125. The molecule has 1 aliphatic heterocycles. The number of hydrogen-bond donors (Lipinski definition) is 1. The summed E-state index contributed by atoms with van der Waals surface area (Å²) in [5.74, 6) is 1.47. The van der Waals surface area contributed by atoms with E-state index in [1.165, 1.54) is 0 Å². The van der Waals surface area contributed by atoms with Crippen LogP contribution in [-0.2, 0) is 4.79 Å². The van der Waals surface area contributed by atoms with Crippen molar-refractivity contribution in [3.05, 3.63) is 71.7 Å². The number of nitrogens with zero attached hydrogens (tertiary/aromatic N) is 4. The van der Waals surface area contributed by atoms with Gasteiger partial charge < -0.3 is 14.6 Å². The summed E-state index contributed by atoms with van der Waals surface area (Å²) in [6.45, 7) is 5.32. The summed E-state index contributed by atoms with van der Waals surface area (Å²) >= 11 is 0. The molecule has 30 heavy (non-hydrogen) atoms. The van der Waals surface area contributed by atoms with Crippen LogP contribution in [0.4, 0.5) is 11.6 Å². The van der Waals surface area contributed by atoms with Gasteiger partial charge in [0.05, 0.1) is 18.1 Å². The minimum absolute atomic E-state index is 0.00125. The van der Waals surface area contributed by atoms with Crippen molar-refractivity contribution >= 4 is 23.6 Å². The second-order valence-corrected chi connectivity index (χ2v) is 7.54. The maximum atomic E-state index is 12.5. The lowest BCUT2D eigenvalue weighted by Crippen LogP contribution is -2.38.